The van der Waals surface area contributed by atoms with Gasteiger partial charge in [0.25, 0.3) is 15.7 Å². The van der Waals surface area contributed by atoms with Crippen LogP contribution in [0.5, 0.6) is 0 Å². The number of nitro groups is 1. The quantitative estimate of drug-likeness (QED) is 0.513. The van der Waals surface area contributed by atoms with Gasteiger partial charge < -0.3 is 0 Å². The van der Waals surface area contributed by atoms with Crippen LogP contribution in [0.25, 0.3) is 11.0 Å². The molecule has 3 aromatic rings. The molecule has 142 valence electrons. The minimum Gasteiger partial charge on any atom is -0.292 e. The number of sulfonamides is 1. The van der Waals surface area contributed by atoms with Crippen molar-refractivity contribution in [2.75, 3.05) is 4.72 Å². The van der Waals surface area contributed by atoms with E-state index in [0.29, 0.717) is 24.1 Å². The van der Waals surface area contributed by atoms with E-state index in [4.69, 9.17) is 0 Å². The molecule has 3 rings (SSSR count). The molecule has 1 N–H and O–H groups in total. The molecule has 10 heteroatoms. The first kappa shape index (κ1) is 18.6. The smallest absolute Gasteiger partial charge is 0.292 e. The number of nitro benzene ring substituents is 1. The normalized spacial score (nSPS) is 11.6. The number of benzene rings is 2. The number of hydrogen-bond acceptors (Lipinski definition) is 5. The van der Waals surface area contributed by atoms with Crippen LogP contribution in [-0.2, 0) is 23.1 Å². The van der Waals surface area contributed by atoms with Gasteiger partial charge in [0, 0.05) is 19.2 Å². The van der Waals surface area contributed by atoms with Gasteiger partial charge in [0.1, 0.15) is 0 Å². The van der Waals surface area contributed by atoms with E-state index in [1.54, 1.807) is 21.3 Å². The van der Waals surface area contributed by atoms with E-state index in [-0.39, 0.29) is 11.4 Å². The lowest BCUT2D eigenvalue weighted by atomic mass is 10.3. The fourth-order valence-corrected chi connectivity index (χ4v) is 4.26. The van der Waals surface area contributed by atoms with Gasteiger partial charge in [0.05, 0.1) is 21.6 Å². The summed E-state index contributed by atoms with van der Waals surface area (Å²) in [6.45, 7) is 4.60. The Kier molecular flexibility index (Phi) is 4.75. The van der Waals surface area contributed by atoms with Crippen molar-refractivity contribution in [1.82, 2.24) is 9.13 Å². The first-order valence-electron chi connectivity index (χ1n) is 8.29. The van der Waals surface area contributed by atoms with Gasteiger partial charge in [0.15, 0.2) is 4.90 Å². The number of para-hydroxylation sites is 1. The van der Waals surface area contributed by atoms with Crippen molar-refractivity contribution in [1.29, 1.82) is 0 Å². The van der Waals surface area contributed by atoms with Gasteiger partial charge in [-0.3, -0.25) is 24.0 Å². The van der Waals surface area contributed by atoms with Crippen molar-refractivity contribution in [3.63, 3.8) is 0 Å². The third-order valence-corrected chi connectivity index (χ3v) is 5.68. The molecule has 0 fully saturated rings. The molecule has 1 aromatic heterocycles. The van der Waals surface area contributed by atoms with Gasteiger partial charge in [0.2, 0.25) is 0 Å². The highest BCUT2D eigenvalue weighted by atomic mass is 32.2. The summed E-state index contributed by atoms with van der Waals surface area (Å²) in [7, 11) is -4.17. The molecular weight excluding hydrogens is 372 g/mol. The maximum atomic E-state index is 12.7. The predicted molar refractivity (Wildman–Crippen MR) is 101 cm³/mol. The summed E-state index contributed by atoms with van der Waals surface area (Å²) < 4.78 is 30.8. The summed E-state index contributed by atoms with van der Waals surface area (Å²) in [6.07, 6.45) is 0. The Hall–Kier alpha value is -3.14. The molecule has 0 saturated carbocycles. The lowest BCUT2D eigenvalue weighted by Crippen LogP contribution is -2.23. The Morgan fingerprint density at radius 2 is 1.67 bits per heavy atom. The van der Waals surface area contributed by atoms with Crippen LogP contribution in [0.3, 0.4) is 0 Å². The summed E-state index contributed by atoms with van der Waals surface area (Å²) in [6, 6.07) is 9.86. The zero-order chi connectivity index (χ0) is 19.8. The van der Waals surface area contributed by atoms with Crippen LogP contribution in [-0.4, -0.2) is 22.5 Å². The summed E-state index contributed by atoms with van der Waals surface area (Å²) >= 11 is 0. The molecule has 0 unspecified atom stereocenters. The molecule has 0 atom stereocenters. The highest BCUT2D eigenvalue weighted by Crippen LogP contribution is 2.26. The molecule has 0 saturated heterocycles. The number of nitrogens with zero attached hydrogens (tertiary/aromatic N) is 3. The number of aromatic nitrogens is 2. The van der Waals surface area contributed by atoms with Crippen molar-refractivity contribution in [3.05, 3.63) is 63.1 Å². The standard InChI is InChI=1S/C17H18N4O5S/c1-3-19-13-10-9-12(11-15(13)20(4-2)17(19)22)18-27(25,26)16-8-6-5-7-14(16)21(23)24/h5-11,18H,3-4H2,1-2H3. The molecular formula is C17H18N4O5S. The van der Waals surface area contributed by atoms with Crippen molar-refractivity contribution >= 4 is 32.4 Å². The lowest BCUT2D eigenvalue weighted by Gasteiger charge is -2.09. The van der Waals surface area contributed by atoms with Crippen LogP contribution in [0, 0.1) is 10.1 Å². The SMILES string of the molecule is CCn1c(=O)n(CC)c2cc(NS(=O)(=O)c3ccccc3[N+](=O)[O-])ccc21. The van der Waals surface area contributed by atoms with Crippen LogP contribution in [0.4, 0.5) is 11.4 Å². The summed E-state index contributed by atoms with van der Waals surface area (Å²) in [5.74, 6) is 0. The summed E-state index contributed by atoms with van der Waals surface area (Å²) in [4.78, 5) is 22.4. The molecule has 2 aromatic carbocycles. The Morgan fingerprint density at radius 3 is 2.30 bits per heavy atom. The van der Waals surface area contributed by atoms with Gasteiger partial charge in [-0.15, -0.1) is 0 Å². The van der Waals surface area contributed by atoms with Crippen LogP contribution in [0.15, 0.2) is 52.2 Å². The van der Waals surface area contributed by atoms with Gasteiger partial charge in [-0.2, -0.15) is 0 Å². The third kappa shape index (κ3) is 3.19. The monoisotopic (exact) mass is 390 g/mol. The number of aryl methyl sites for hydroxylation is 2. The van der Waals surface area contributed by atoms with Crippen molar-refractivity contribution < 1.29 is 13.3 Å². The number of anilines is 1. The van der Waals surface area contributed by atoms with Crippen molar-refractivity contribution in [2.24, 2.45) is 0 Å². The second-order valence-corrected chi connectivity index (χ2v) is 7.46. The van der Waals surface area contributed by atoms with Gasteiger partial charge in [-0.05, 0) is 38.1 Å². The molecule has 0 aliphatic rings. The fraction of sp³-hybridized carbons (Fsp3) is 0.235. The number of imidazole rings is 1. The van der Waals surface area contributed by atoms with Gasteiger partial charge in [-0.25, -0.2) is 13.2 Å². The lowest BCUT2D eigenvalue weighted by molar-refractivity contribution is -0.387. The van der Waals surface area contributed by atoms with Crippen LogP contribution < -0.4 is 10.4 Å². The molecule has 27 heavy (non-hydrogen) atoms. The first-order chi connectivity index (χ1) is 12.8. The second kappa shape index (κ2) is 6.88. The minimum absolute atomic E-state index is 0.172. The number of fused-ring (bicyclic) bond motifs is 1. The van der Waals surface area contributed by atoms with Crippen molar-refractivity contribution in [3.8, 4) is 0 Å². The van der Waals surface area contributed by atoms with E-state index in [9.17, 15) is 23.3 Å². The van der Waals surface area contributed by atoms with E-state index >= 15 is 0 Å². The maximum Gasteiger partial charge on any atom is 0.329 e. The van der Waals surface area contributed by atoms with E-state index in [1.165, 1.54) is 24.3 Å². The third-order valence-electron chi connectivity index (χ3n) is 4.25. The average molecular weight is 390 g/mol. The fourth-order valence-electron chi connectivity index (χ4n) is 3.04. The zero-order valence-electron chi connectivity index (χ0n) is 14.7. The summed E-state index contributed by atoms with van der Waals surface area (Å²) in [5, 5.41) is 11.1. The van der Waals surface area contributed by atoms with Crippen molar-refractivity contribution in [2.45, 2.75) is 31.8 Å². The molecule has 0 aliphatic carbocycles. The van der Waals surface area contributed by atoms with E-state index in [2.05, 4.69) is 4.72 Å². The Morgan fingerprint density at radius 1 is 1.04 bits per heavy atom. The Bertz CT molecular complexity index is 1190. The average Bonchev–Trinajstić information content (AvgIpc) is 2.91. The van der Waals surface area contributed by atoms with Crippen LogP contribution in [0.1, 0.15) is 13.8 Å². The largest absolute Gasteiger partial charge is 0.329 e. The maximum absolute atomic E-state index is 12.7. The molecule has 0 amide bonds. The second-order valence-electron chi connectivity index (χ2n) is 5.80. The molecule has 0 bridgehead atoms. The summed E-state index contributed by atoms with van der Waals surface area (Å²) in [5.41, 5.74) is 0.823. The van der Waals surface area contributed by atoms with Gasteiger partial charge >= 0.3 is 5.69 Å². The predicted octanol–water partition coefficient (Wildman–Crippen LogP) is 2.55. The molecule has 0 aliphatic heterocycles. The molecule has 9 nitrogen and oxygen atoms in total. The molecule has 1 heterocycles. The molecule has 0 radical (unpaired) electrons. The van der Waals surface area contributed by atoms with E-state index in [0.717, 1.165) is 6.07 Å². The highest BCUT2D eigenvalue weighted by Gasteiger charge is 2.25. The number of rotatable bonds is 6. The zero-order valence-corrected chi connectivity index (χ0v) is 15.6. The Labute approximate surface area is 155 Å². The number of hydrogen-bond donors (Lipinski definition) is 1. The van der Waals surface area contributed by atoms with Crippen LogP contribution in [0.2, 0.25) is 0 Å². The first-order valence-corrected chi connectivity index (χ1v) is 9.77. The van der Waals surface area contributed by atoms with Crippen LogP contribution >= 0.6 is 0 Å². The van der Waals surface area contributed by atoms with E-state index < -0.39 is 25.5 Å². The molecule has 0 spiro atoms. The number of nitrogens with one attached hydrogen (secondary N) is 1. The topological polar surface area (TPSA) is 116 Å². The van der Waals surface area contributed by atoms with Gasteiger partial charge in [-0.1, -0.05) is 12.1 Å². The Balaban J connectivity index is 2.09. The highest BCUT2D eigenvalue weighted by molar-refractivity contribution is 7.92. The minimum atomic E-state index is -4.17. The van der Waals surface area contributed by atoms with E-state index in [1.807, 2.05) is 13.8 Å².